The fraction of sp³-hybridized carbons (Fsp3) is 0.400. The molecule has 0 saturated heterocycles. The molecule has 0 aliphatic heterocycles. The molecule has 0 spiro atoms. The SMILES string of the molecule is O.O=C(/C=C(\[O-])C(F)(F)F)C(F)(F)F.O=C(/C=C(\[O-])C(F)(F)F)C(F)(F)F.[Co]. The van der Waals surface area contributed by atoms with E-state index < -0.39 is 59.9 Å². The van der Waals surface area contributed by atoms with E-state index in [9.17, 15) is 72.5 Å². The molecule has 0 saturated carbocycles. The third-order valence-corrected chi connectivity index (χ3v) is 1.64. The second-order valence-electron chi connectivity index (χ2n) is 3.74. The minimum absolute atomic E-state index is 0. The maximum absolute atomic E-state index is 11.3. The van der Waals surface area contributed by atoms with Gasteiger partial charge in [0.1, 0.15) is 0 Å². The molecular formula is C10H4CoF12O5-2. The fourth-order valence-corrected chi connectivity index (χ4v) is 0.565. The summed E-state index contributed by atoms with van der Waals surface area (Å²) in [6.45, 7) is 0. The summed E-state index contributed by atoms with van der Waals surface area (Å²) in [4.78, 5) is 19.6. The van der Waals surface area contributed by atoms with E-state index in [-0.39, 0.29) is 22.3 Å². The number of hydrogen-bond acceptors (Lipinski definition) is 4. The number of carbonyl (C=O) groups is 2. The van der Waals surface area contributed by atoms with Gasteiger partial charge in [-0.25, -0.2) is 0 Å². The first kappa shape index (κ1) is 33.6. The van der Waals surface area contributed by atoms with Crippen molar-refractivity contribution in [2.24, 2.45) is 0 Å². The molecule has 0 aliphatic rings. The Morgan fingerprint density at radius 3 is 0.821 bits per heavy atom. The molecule has 0 fully saturated rings. The number of ketones is 2. The quantitative estimate of drug-likeness (QED) is 0.327. The van der Waals surface area contributed by atoms with E-state index in [0.717, 1.165) is 0 Å². The Hall–Kier alpha value is -1.95. The van der Waals surface area contributed by atoms with Crippen LogP contribution in [-0.4, -0.2) is 41.7 Å². The summed E-state index contributed by atoms with van der Waals surface area (Å²) in [6.07, 6.45) is -23.9. The number of hydrogen-bond donors (Lipinski definition) is 0. The van der Waals surface area contributed by atoms with E-state index >= 15 is 0 Å². The van der Waals surface area contributed by atoms with E-state index in [1.165, 1.54) is 0 Å². The van der Waals surface area contributed by atoms with Crippen molar-refractivity contribution in [3.05, 3.63) is 23.7 Å². The Kier molecular flexibility index (Phi) is 13.4. The van der Waals surface area contributed by atoms with Crippen LogP contribution >= 0.6 is 0 Å². The van der Waals surface area contributed by atoms with Gasteiger partial charge in [-0.1, -0.05) is 0 Å². The maximum Gasteiger partial charge on any atom is 0.454 e. The van der Waals surface area contributed by atoms with Crippen LogP contribution in [0.1, 0.15) is 0 Å². The van der Waals surface area contributed by atoms with Crippen molar-refractivity contribution in [1.29, 1.82) is 0 Å². The molecule has 18 heteroatoms. The first-order valence-corrected chi connectivity index (χ1v) is 5.24. The zero-order valence-electron chi connectivity index (χ0n) is 12.2. The smallest absolute Gasteiger partial charge is 0.454 e. The summed E-state index contributed by atoms with van der Waals surface area (Å²) in [5.74, 6) is -11.3. The first-order valence-electron chi connectivity index (χ1n) is 5.24. The molecule has 2 N–H and O–H groups in total. The van der Waals surface area contributed by atoms with Crippen molar-refractivity contribution in [3.8, 4) is 0 Å². The van der Waals surface area contributed by atoms with Crippen LogP contribution in [-0.2, 0) is 26.4 Å². The molecule has 0 bridgehead atoms. The van der Waals surface area contributed by atoms with Crippen LogP contribution in [0.3, 0.4) is 0 Å². The maximum atomic E-state index is 11.3. The number of alkyl halides is 12. The van der Waals surface area contributed by atoms with Crippen LogP contribution in [0.4, 0.5) is 52.7 Å². The molecule has 0 aliphatic carbocycles. The standard InChI is InChI=1S/2C5H2F6O2.Co.H2O/c2*6-4(7,8)2(12)1-3(13)5(9,10)11;;/h2*1,12H;;1H2/p-2/b2*2-1-;;. The Balaban J connectivity index is -0.000000192. The molecule has 0 unspecified atom stereocenters. The van der Waals surface area contributed by atoms with Gasteiger partial charge >= 0.3 is 24.7 Å². The average molecular weight is 491 g/mol. The minimum atomic E-state index is -5.46. The van der Waals surface area contributed by atoms with Crippen molar-refractivity contribution in [2.45, 2.75) is 24.7 Å². The molecule has 5 nitrogen and oxygen atoms in total. The third-order valence-electron chi connectivity index (χ3n) is 1.64. The van der Waals surface area contributed by atoms with Gasteiger partial charge in [0.2, 0.25) is 0 Å². The summed E-state index contributed by atoms with van der Waals surface area (Å²) in [5.41, 5.74) is 0. The fourth-order valence-electron chi connectivity index (χ4n) is 0.565. The van der Waals surface area contributed by atoms with Gasteiger partial charge in [0.05, 0.1) is 0 Å². The van der Waals surface area contributed by atoms with Crippen LogP contribution in [0, 0.1) is 0 Å². The Labute approximate surface area is 155 Å². The van der Waals surface area contributed by atoms with E-state index in [4.69, 9.17) is 0 Å². The molecular weight excluding hydrogens is 487 g/mol. The van der Waals surface area contributed by atoms with Crippen LogP contribution in [0.2, 0.25) is 0 Å². The molecule has 169 valence electrons. The number of carbonyl (C=O) groups excluding carboxylic acids is 2. The van der Waals surface area contributed by atoms with Crippen molar-refractivity contribution >= 4 is 11.6 Å². The molecule has 0 amide bonds. The number of allylic oxidation sites excluding steroid dienone is 4. The predicted molar refractivity (Wildman–Crippen MR) is 54.0 cm³/mol. The zero-order chi connectivity index (χ0) is 21.7. The zero-order valence-corrected chi connectivity index (χ0v) is 13.2. The van der Waals surface area contributed by atoms with Crippen molar-refractivity contribution in [3.63, 3.8) is 0 Å². The first-order chi connectivity index (χ1) is 11.1. The van der Waals surface area contributed by atoms with Gasteiger partial charge in [-0.2, -0.15) is 52.7 Å². The van der Waals surface area contributed by atoms with Gasteiger partial charge in [-0.05, 0) is 23.7 Å². The van der Waals surface area contributed by atoms with Gasteiger partial charge in [0.25, 0.3) is 11.6 Å². The van der Waals surface area contributed by atoms with Crippen LogP contribution in [0.5, 0.6) is 0 Å². The Morgan fingerprint density at radius 2 is 0.714 bits per heavy atom. The largest absolute Gasteiger partial charge is 0.869 e. The molecule has 0 aromatic carbocycles. The van der Waals surface area contributed by atoms with Crippen LogP contribution in [0.15, 0.2) is 23.7 Å². The minimum Gasteiger partial charge on any atom is -0.869 e. The summed E-state index contributed by atoms with van der Waals surface area (Å²) < 4.78 is 136. The molecule has 0 aromatic rings. The third kappa shape index (κ3) is 14.1. The van der Waals surface area contributed by atoms with Crippen molar-refractivity contribution in [1.82, 2.24) is 0 Å². The van der Waals surface area contributed by atoms with Gasteiger partial charge in [0.15, 0.2) is 0 Å². The van der Waals surface area contributed by atoms with Crippen LogP contribution in [0.25, 0.3) is 0 Å². The second-order valence-corrected chi connectivity index (χ2v) is 3.74. The van der Waals surface area contributed by atoms with E-state index in [2.05, 4.69) is 0 Å². The topological polar surface area (TPSA) is 112 Å². The Bertz CT molecular complexity index is 530. The second kappa shape index (κ2) is 11.1. The molecule has 1 radical (unpaired) electrons. The van der Waals surface area contributed by atoms with E-state index in [1.54, 1.807) is 0 Å². The molecule has 28 heavy (non-hydrogen) atoms. The predicted octanol–water partition coefficient (Wildman–Crippen LogP) is 1.02. The van der Waals surface area contributed by atoms with Gasteiger partial charge in [-0.3, -0.25) is 9.59 Å². The molecule has 0 aromatic heterocycles. The molecule has 0 heterocycles. The van der Waals surface area contributed by atoms with Gasteiger partial charge in [-0.15, -0.1) is 0 Å². The van der Waals surface area contributed by atoms with E-state index in [0.29, 0.717) is 0 Å². The number of halogens is 12. The summed E-state index contributed by atoms with van der Waals surface area (Å²) >= 11 is 0. The van der Waals surface area contributed by atoms with Crippen molar-refractivity contribution in [2.75, 3.05) is 0 Å². The van der Waals surface area contributed by atoms with E-state index in [1.807, 2.05) is 0 Å². The summed E-state index contributed by atoms with van der Waals surface area (Å²) in [7, 11) is 0. The van der Waals surface area contributed by atoms with Crippen molar-refractivity contribution < 1.29 is 94.7 Å². The average Bonchev–Trinajstić information content (AvgIpc) is 2.34. The Morgan fingerprint density at radius 1 is 0.536 bits per heavy atom. The van der Waals surface area contributed by atoms with Gasteiger partial charge < -0.3 is 15.7 Å². The normalized spacial score (nSPS) is 13.4. The monoisotopic (exact) mass is 491 g/mol. The number of rotatable bonds is 2. The molecule has 0 rings (SSSR count). The summed E-state index contributed by atoms with van der Waals surface area (Å²) in [5, 5.41) is 19.6. The summed E-state index contributed by atoms with van der Waals surface area (Å²) in [6, 6.07) is 0. The van der Waals surface area contributed by atoms with Crippen LogP contribution < -0.4 is 10.2 Å². The molecule has 0 atom stereocenters. The van der Waals surface area contributed by atoms with Gasteiger partial charge in [0, 0.05) is 16.8 Å².